The maximum Gasteiger partial charge on any atom is 0.250 e. The largest absolute Gasteiger partial charge is 0.272 e. The van der Waals surface area contributed by atoms with Gasteiger partial charge in [-0.05, 0) is 49.6 Å². The van der Waals surface area contributed by atoms with Crippen LogP contribution in [-0.2, 0) is 14.8 Å². The molecule has 1 aliphatic rings. The van der Waals surface area contributed by atoms with Crippen LogP contribution in [0.5, 0.6) is 0 Å². The molecule has 4 rings (SSSR count). The Balaban J connectivity index is 1.33. The number of thiazole rings is 1. The molecule has 1 N–H and O–H groups in total. The molecular weight excluding hydrogens is 452 g/mol. The molecule has 0 radical (unpaired) electrons. The Morgan fingerprint density at radius 3 is 2.58 bits per heavy atom. The van der Waals surface area contributed by atoms with Gasteiger partial charge in [0, 0.05) is 13.1 Å². The summed E-state index contributed by atoms with van der Waals surface area (Å²) in [5.74, 6) is -0.0132. The number of para-hydroxylation sites is 1. The van der Waals surface area contributed by atoms with Crippen molar-refractivity contribution in [3.05, 3.63) is 54.1 Å². The maximum atomic E-state index is 12.6. The van der Waals surface area contributed by atoms with Crippen LogP contribution in [0.4, 0.5) is 0 Å². The standard InChI is InChI=1S/C21H22N4O3S3/c1-15(16-8-10-17(11-9-16)31(27,28)25-12-4-5-13-25)23-24-20(26)14-29-21-22-18-6-2-3-7-19(18)30-21/h2-3,6-11H,4-5,12-14H2,1H3,(H,24,26)/b23-15+. The molecule has 1 saturated heterocycles. The molecule has 0 spiro atoms. The van der Waals surface area contributed by atoms with Gasteiger partial charge >= 0.3 is 0 Å². The van der Waals surface area contributed by atoms with Crippen LogP contribution in [0.25, 0.3) is 10.2 Å². The zero-order valence-electron chi connectivity index (χ0n) is 16.9. The van der Waals surface area contributed by atoms with E-state index in [4.69, 9.17) is 0 Å². The van der Waals surface area contributed by atoms with Crippen LogP contribution in [0, 0.1) is 0 Å². The summed E-state index contributed by atoms with van der Waals surface area (Å²) in [6.45, 7) is 2.92. The number of fused-ring (bicyclic) bond motifs is 1. The number of amides is 1. The fraction of sp³-hybridized carbons (Fsp3) is 0.286. The molecule has 162 valence electrons. The van der Waals surface area contributed by atoms with Gasteiger partial charge in [-0.15, -0.1) is 11.3 Å². The van der Waals surface area contributed by atoms with Gasteiger partial charge in [0.25, 0.3) is 5.91 Å². The lowest BCUT2D eigenvalue weighted by molar-refractivity contribution is -0.118. The minimum Gasteiger partial charge on any atom is -0.272 e. The predicted octanol–water partition coefficient (Wildman–Crippen LogP) is 3.71. The van der Waals surface area contributed by atoms with Gasteiger partial charge in [-0.25, -0.2) is 18.8 Å². The summed E-state index contributed by atoms with van der Waals surface area (Å²) in [4.78, 5) is 16.9. The van der Waals surface area contributed by atoms with Crippen molar-refractivity contribution in [2.24, 2.45) is 5.10 Å². The number of carbonyl (C=O) groups is 1. The number of benzene rings is 2. The lowest BCUT2D eigenvalue weighted by Crippen LogP contribution is -2.27. The molecule has 1 aromatic heterocycles. The van der Waals surface area contributed by atoms with E-state index in [2.05, 4.69) is 15.5 Å². The van der Waals surface area contributed by atoms with Crippen LogP contribution in [-0.4, -0.2) is 48.2 Å². The average molecular weight is 475 g/mol. The molecule has 1 fully saturated rings. The van der Waals surface area contributed by atoms with Crippen LogP contribution >= 0.6 is 23.1 Å². The van der Waals surface area contributed by atoms with Gasteiger partial charge in [0.15, 0.2) is 4.34 Å². The van der Waals surface area contributed by atoms with Gasteiger partial charge in [0.2, 0.25) is 10.0 Å². The minimum absolute atomic E-state index is 0.212. The van der Waals surface area contributed by atoms with Gasteiger partial charge in [-0.3, -0.25) is 4.79 Å². The number of nitrogens with one attached hydrogen (secondary N) is 1. The van der Waals surface area contributed by atoms with Crippen molar-refractivity contribution in [1.82, 2.24) is 14.7 Å². The second-order valence-electron chi connectivity index (χ2n) is 7.10. The van der Waals surface area contributed by atoms with Crippen LogP contribution in [0.3, 0.4) is 0 Å². The molecule has 2 aromatic carbocycles. The second kappa shape index (κ2) is 9.47. The number of thioether (sulfide) groups is 1. The molecule has 0 aliphatic carbocycles. The summed E-state index contributed by atoms with van der Waals surface area (Å²) >= 11 is 2.93. The van der Waals surface area contributed by atoms with Crippen LogP contribution in [0.1, 0.15) is 25.3 Å². The molecule has 0 unspecified atom stereocenters. The van der Waals surface area contributed by atoms with E-state index in [1.165, 1.54) is 16.1 Å². The van der Waals surface area contributed by atoms with Crippen molar-refractivity contribution in [1.29, 1.82) is 0 Å². The van der Waals surface area contributed by atoms with Crippen molar-refractivity contribution in [2.75, 3.05) is 18.8 Å². The zero-order chi connectivity index (χ0) is 21.8. The average Bonchev–Trinajstić information content (AvgIpc) is 3.46. The number of hydrogen-bond acceptors (Lipinski definition) is 7. The molecule has 7 nitrogen and oxygen atoms in total. The van der Waals surface area contributed by atoms with E-state index in [-0.39, 0.29) is 16.6 Å². The molecule has 0 bridgehead atoms. The summed E-state index contributed by atoms with van der Waals surface area (Å²) in [7, 11) is -3.43. The number of aromatic nitrogens is 1. The van der Waals surface area contributed by atoms with E-state index in [0.29, 0.717) is 18.8 Å². The summed E-state index contributed by atoms with van der Waals surface area (Å²) in [5, 5.41) is 4.15. The van der Waals surface area contributed by atoms with Gasteiger partial charge in [0.05, 0.1) is 26.6 Å². The van der Waals surface area contributed by atoms with Crippen molar-refractivity contribution in [2.45, 2.75) is 29.0 Å². The Bertz CT molecular complexity index is 1180. The monoisotopic (exact) mass is 474 g/mol. The Morgan fingerprint density at radius 2 is 1.87 bits per heavy atom. The highest BCUT2D eigenvalue weighted by molar-refractivity contribution is 8.01. The number of rotatable bonds is 7. The third kappa shape index (κ3) is 5.15. The molecule has 1 aliphatic heterocycles. The zero-order valence-corrected chi connectivity index (χ0v) is 19.4. The normalized spacial score (nSPS) is 15.5. The first-order valence-electron chi connectivity index (χ1n) is 9.85. The Labute approximate surface area is 189 Å². The number of nitrogens with zero attached hydrogens (tertiary/aromatic N) is 3. The fourth-order valence-corrected chi connectivity index (χ4v) is 6.61. The lowest BCUT2D eigenvalue weighted by atomic mass is 10.1. The molecule has 2 heterocycles. The molecule has 10 heteroatoms. The lowest BCUT2D eigenvalue weighted by Gasteiger charge is -2.15. The third-order valence-corrected chi connectivity index (χ3v) is 9.02. The SMILES string of the molecule is C/C(=N\NC(=O)CSc1nc2ccccc2s1)c1ccc(S(=O)(=O)N2CCCC2)cc1. The van der Waals surface area contributed by atoms with Gasteiger partial charge in [0.1, 0.15) is 0 Å². The van der Waals surface area contributed by atoms with Gasteiger partial charge < -0.3 is 0 Å². The molecule has 1 amide bonds. The van der Waals surface area contributed by atoms with E-state index >= 15 is 0 Å². The maximum absolute atomic E-state index is 12.6. The second-order valence-corrected chi connectivity index (χ2v) is 11.3. The number of hydrazone groups is 1. The highest BCUT2D eigenvalue weighted by Crippen LogP contribution is 2.29. The molecule has 0 atom stereocenters. The van der Waals surface area contributed by atoms with Crippen molar-refractivity contribution >= 4 is 55.0 Å². The van der Waals surface area contributed by atoms with Crippen LogP contribution in [0.15, 0.2) is 62.9 Å². The van der Waals surface area contributed by atoms with Crippen molar-refractivity contribution < 1.29 is 13.2 Å². The molecular formula is C21H22N4O3S3. The van der Waals surface area contributed by atoms with Gasteiger partial charge in [-0.1, -0.05) is 36.0 Å². The van der Waals surface area contributed by atoms with Gasteiger partial charge in [-0.2, -0.15) is 9.41 Å². The first-order chi connectivity index (χ1) is 14.9. The summed E-state index contributed by atoms with van der Waals surface area (Å²) in [5.41, 5.74) is 4.83. The van der Waals surface area contributed by atoms with Crippen molar-refractivity contribution in [3.63, 3.8) is 0 Å². The topological polar surface area (TPSA) is 91.7 Å². The predicted molar refractivity (Wildman–Crippen MR) is 125 cm³/mol. The molecule has 31 heavy (non-hydrogen) atoms. The summed E-state index contributed by atoms with van der Waals surface area (Å²) in [6, 6.07) is 14.5. The summed E-state index contributed by atoms with van der Waals surface area (Å²) < 4.78 is 28.7. The van der Waals surface area contributed by atoms with Crippen LogP contribution in [0.2, 0.25) is 0 Å². The van der Waals surface area contributed by atoms with Crippen molar-refractivity contribution in [3.8, 4) is 0 Å². The number of hydrogen-bond donors (Lipinski definition) is 1. The highest BCUT2D eigenvalue weighted by atomic mass is 32.2. The Morgan fingerprint density at radius 1 is 1.16 bits per heavy atom. The first kappa shape index (κ1) is 21.9. The van der Waals surface area contributed by atoms with E-state index in [0.717, 1.165) is 33.0 Å². The minimum atomic E-state index is -3.43. The quantitative estimate of drug-likeness (QED) is 0.320. The van der Waals surface area contributed by atoms with E-state index in [1.807, 2.05) is 24.3 Å². The number of carbonyl (C=O) groups excluding carboxylic acids is 1. The van der Waals surface area contributed by atoms with E-state index in [1.54, 1.807) is 42.5 Å². The molecule has 0 saturated carbocycles. The highest BCUT2D eigenvalue weighted by Gasteiger charge is 2.26. The Kier molecular flexibility index (Phi) is 6.71. The first-order valence-corrected chi connectivity index (χ1v) is 13.1. The third-order valence-electron chi connectivity index (χ3n) is 4.92. The van der Waals surface area contributed by atoms with E-state index < -0.39 is 10.0 Å². The molecule has 3 aromatic rings. The smallest absolute Gasteiger partial charge is 0.250 e. The fourth-order valence-electron chi connectivity index (χ4n) is 3.23. The van der Waals surface area contributed by atoms with E-state index in [9.17, 15) is 13.2 Å². The van der Waals surface area contributed by atoms with Crippen LogP contribution < -0.4 is 5.43 Å². The number of sulfonamides is 1. The Hall–Kier alpha value is -2.27. The summed E-state index contributed by atoms with van der Waals surface area (Å²) in [6.07, 6.45) is 1.81.